The van der Waals surface area contributed by atoms with Crippen molar-refractivity contribution in [2.45, 2.75) is 52.2 Å². The number of hydrogen-bond donors (Lipinski definition) is 2. The van der Waals surface area contributed by atoms with Gasteiger partial charge in [-0.05, 0) is 39.8 Å². The largest absolute Gasteiger partial charge is 0.368 e. The number of nitrogens with one attached hydrogen (secondary N) is 1. The second-order valence-corrected chi connectivity index (χ2v) is 6.09. The third-order valence-corrected chi connectivity index (χ3v) is 3.80. The summed E-state index contributed by atoms with van der Waals surface area (Å²) in [5.41, 5.74) is 5.88. The Morgan fingerprint density at radius 2 is 1.81 bits per heavy atom. The summed E-state index contributed by atoms with van der Waals surface area (Å²) in [6, 6.07) is 10.3. The predicted molar refractivity (Wildman–Crippen MR) is 88.0 cm³/mol. The molecular formula is C17H29N3O. The molecule has 4 heteroatoms. The molecule has 0 saturated carbocycles. The van der Waals surface area contributed by atoms with Crippen molar-refractivity contribution in [2.75, 3.05) is 13.1 Å². The Balaban J connectivity index is 3.28. The Bertz CT molecular complexity index is 445. The van der Waals surface area contributed by atoms with Crippen LogP contribution in [0, 0.1) is 0 Å². The molecule has 0 aliphatic heterocycles. The first-order valence-electron chi connectivity index (χ1n) is 7.70. The molecule has 1 amide bonds. The van der Waals surface area contributed by atoms with Crippen LogP contribution in [0.15, 0.2) is 30.3 Å². The molecule has 0 spiro atoms. The number of benzene rings is 1. The maximum atomic E-state index is 12.4. The lowest BCUT2D eigenvalue weighted by molar-refractivity contribution is -0.126. The molecule has 0 radical (unpaired) electrons. The number of primary amides is 1. The summed E-state index contributed by atoms with van der Waals surface area (Å²) < 4.78 is 0. The van der Waals surface area contributed by atoms with E-state index in [0.717, 1.165) is 12.1 Å². The fourth-order valence-electron chi connectivity index (χ4n) is 2.69. The van der Waals surface area contributed by atoms with Crippen LogP contribution in [0.4, 0.5) is 0 Å². The summed E-state index contributed by atoms with van der Waals surface area (Å²) in [6.07, 6.45) is 0. The molecule has 0 aliphatic rings. The average molecular weight is 291 g/mol. The van der Waals surface area contributed by atoms with Crippen LogP contribution in [0.25, 0.3) is 0 Å². The zero-order chi connectivity index (χ0) is 16.0. The number of carbonyl (C=O) groups excluding carboxylic acids is 1. The lowest BCUT2D eigenvalue weighted by Crippen LogP contribution is -2.61. The summed E-state index contributed by atoms with van der Waals surface area (Å²) >= 11 is 0. The zero-order valence-corrected chi connectivity index (χ0v) is 13.9. The van der Waals surface area contributed by atoms with Crippen LogP contribution in [-0.4, -0.2) is 36.0 Å². The van der Waals surface area contributed by atoms with Gasteiger partial charge in [0.15, 0.2) is 0 Å². The second-order valence-electron chi connectivity index (χ2n) is 6.09. The molecule has 21 heavy (non-hydrogen) atoms. The molecule has 1 aromatic carbocycles. The molecule has 1 aromatic rings. The molecule has 1 atom stereocenters. The summed E-state index contributed by atoms with van der Waals surface area (Å²) in [4.78, 5) is 14.6. The third kappa shape index (κ3) is 4.29. The van der Waals surface area contributed by atoms with E-state index < -0.39 is 5.54 Å². The average Bonchev–Trinajstić information content (AvgIpc) is 2.43. The van der Waals surface area contributed by atoms with E-state index in [1.165, 1.54) is 0 Å². The van der Waals surface area contributed by atoms with Crippen molar-refractivity contribution in [1.82, 2.24) is 10.2 Å². The number of likely N-dealkylation sites (N-methyl/N-ethyl adjacent to an activating group) is 1. The van der Waals surface area contributed by atoms with Crippen LogP contribution in [0.5, 0.6) is 0 Å². The monoisotopic (exact) mass is 291 g/mol. The highest BCUT2D eigenvalue weighted by Crippen LogP contribution is 2.24. The molecule has 3 N–H and O–H groups in total. The predicted octanol–water partition coefficient (Wildman–Crippen LogP) is 2.10. The van der Waals surface area contributed by atoms with Gasteiger partial charge in [-0.3, -0.25) is 15.0 Å². The van der Waals surface area contributed by atoms with Crippen molar-refractivity contribution in [2.24, 2.45) is 5.73 Å². The van der Waals surface area contributed by atoms with Crippen molar-refractivity contribution in [3.05, 3.63) is 35.9 Å². The first-order valence-corrected chi connectivity index (χ1v) is 7.70. The molecule has 0 saturated heterocycles. The molecule has 0 bridgehead atoms. The van der Waals surface area contributed by atoms with E-state index in [1.54, 1.807) is 0 Å². The van der Waals surface area contributed by atoms with Gasteiger partial charge < -0.3 is 5.73 Å². The van der Waals surface area contributed by atoms with E-state index in [-0.39, 0.29) is 11.9 Å². The Labute approximate surface area is 128 Å². The lowest BCUT2D eigenvalue weighted by atomic mass is 9.87. The van der Waals surface area contributed by atoms with Gasteiger partial charge in [-0.1, -0.05) is 37.3 Å². The summed E-state index contributed by atoms with van der Waals surface area (Å²) in [5, 5.41) is 3.41. The molecule has 1 rings (SSSR count). The number of nitrogens with zero attached hydrogens (tertiary/aromatic N) is 1. The molecule has 0 heterocycles. The second kappa shape index (κ2) is 7.57. The third-order valence-electron chi connectivity index (χ3n) is 3.80. The minimum Gasteiger partial charge on any atom is -0.368 e. The van der Waals surface area contributed by atoms with Crippen molar-refractivity contribution in [3.8, 4) is 0 Å². The topological polar surface area (TPSA) is 58.4 Å². The number of carbonyl (C=O) groups is 1. The molecule has 118 valence electrons. The minimum atomic E-state index is -0.865. The van der Waals surface area contributed by atoms with Gasteiger partial charge in [-0.25, -0.2) is 0 Å². The van der Waals surface area contributed by atoms with Crippen LogP contribution in [0.3, 0.4) is 0 Å². The normalized spacial score (nSPS) is 14.7. The molecule has 1 unspecified atom stereocenters. The maximum absolute atomic E-state index is 12.4. The maximum Gasteiger partial charge on any atom is 0.243 e. The fraction of sp³-hybridized carbons (Fsp3) is 0.588. The van der Waals surface area contributed by atoms with Gasteiger partial charge in [0.05, 0.1) is 0 Å². The first-order chi connectivity index (χ1) is 9.83. The zero-order valence-electron chi connectivity index (χ0n) is 13.9. The van der Waals surface area contributed by atoms with E-state index in [0.29, 0.717) is 12.6 Å². The molecule has 0 fully saturated rings. The standard InChI is InChI=1S/C17H29N3O/c1-6-20(14(4)5)12-17(16(18)21,19-13(2)3)15-10-8-7-9-11-15/h7-11,13-14,19H,6,12H2,1-5H3,(H2,18,21). The quantitative estimate of drug-likeness (QED) is 0.771. The van der Waals surface area contributed by atoms with Crippen LogP contribution in [-0.2, 0) is 10.3 Å². The van der Waals surface area contributed by atoms with E-state index in [9.17, 15) is 4.79 Å². The highest BCUT2D eigenvalue weighted by Gasteiger charge is 2.40. The van der Waals surface area contributed by atoms with E-state index in [1.807, 2.05) is 44.2 Å². The van der Waals surface area contributed by atoms with Crippen molar-refractivity contribution < 1.29 is 4.79 Å². The van der Waals surface area contributed by atoms with Gasteiger partial charge in [0.1, 0.15) is 5.54 Å². The van der Waals surface area contributed by atoms with Crippen LogP contribution in [0.2, 0.25) is 0 Å². The van der Waals surface area contributed by atoms with Gasteiger partial charge >= 0.3 is 0 Å². The highest BCUT2D eigenvalue weighted by molar-refractivity contribution is 5.86. The van der Waals surface area contributed by atoms with Crippen molar-refractivity contribution in [3.63, 3.8) is 0 Å². The summed E-state index contributed by atoms with van der Waals surface area (Å²) in [5.74, 6) is -0.332. The van der Waals surface area contributed by atoms with Gasteiger partial charge in [0, 0.05) is 18.6 Å². The van der Waals surface area contributed by atoms with Crippen LogP contribution < -0.4 is 11.1 Å². The van der Waals surface area contributed by atoms with Gasteiger partial charge in [-0.2, -0.15) is 0 Å². The van der Waals surface area contributed by atoms with E-state index in [4.69, 9.17) is 5.73 Å². The summed E-state index contributed by atoms with van der Waals surface area (Å²) in [6.45, 7) is 11.9. The molecule has 0 aliphatic carbocycles. The van der Waals surface area contributed by atoms with Crippen LogP contribution >= 0.6 is 0 Å². The van der Waals surface area contributed by atoms with Gasteiger partial charge in [-0.15, -0.1) is 0 Å². The number of hydrogen-bond acceptors (Lipinski definition) is 3. The van der Waals surface area contributed by atoms with Crippen LogP contribution in [0.1, 0.15) is 40.2 Å². The molecular weight excluding hydrogens is 262 g/mol. The highest BCUT2D eigenvalue weighted by atomic mass is 16.1. The van der Waals surface area contributed by atoms with Gasteiger partial charge in [0.25, 0.3) is 0 Å². The SMILES string of the molecule is CCN(CC(NC(C)C)(C(N)=O)c1ccccc1)C(C)C. The number of rotatable bonds is 8. The Morgan fingerprint density at radius 1 is 1.24 bits per heavy atom. The molecule has 4 nitrogen and oxygen atoms in total. The van der Waals surface area contributed by atoms with E-state index in [2.05, 4.69) is 31.0 Å². The summed E-state index contributed by atoms with van der Waals surface area (Å²) in [7, 11) is 0. The fourth-order valence-corrected chi connectivity index (χ4v) is 2.69. The Kier molecular flexibility index (Phi) is 6.37. The smallest absolute Gasteiger partial charge is 0.243 e. The van der Waals surface area contributed by atoms with Crippen molar-refractivity contribution in [1.29, 1.82) is 0 Å². The van der Waals surface area contributed by atoms with Crippen molar-refractivity contribution >= 4 is 5.91 Å². The van der Waals surface area contributed by atoms with Gasteiger partial charge in [0.2, 0.25) is 5.91 Å². The first kappa shape index (κ1) is 17.7. The number of nitrogens with two attached hydrogens (primary N) is 1. The molecule has 0 aromatic heterocycles. The number of amides is 1. The Hall–Kier alpha value is -1.39. The lowest BCUT2D eigenvalue weighted by Gasteiger charge is -2.39. The minimum absolute atomic E-state index is 0.156. The van der Waals surface area contributed by atoms with E-state index >= 15 is 0 Å². The Morgan fingerprint density at radius 3 is 2.19 bits per heavy atom.